The fraction of sp³-hybridized carbons (Fsp3) is 0.364. The summed E-state index contributed by atoms with van der Waals surface area (Å²) in [6.07, 6.45) is 1.02. The van der Waals surface area contributed by atoms with Crippen LogP contribution in [0, 0.1) is 0 Å². The first-order valence-electron chi connectivity index (χ1n) is 4.90. The molecule has 0 aromatic heterocycles. The number of anilines is 1. The third kappa shape index (κ3) is 3.13. The average Bonchev–Trinajstić information content (AvgIpc) is 2.17. The van der Waals surface area contributed by atoms with Crippen LogP contribution >= 0.6 is 11.6 Å². The number of carbonyl (C=O) groups excluding carboxylic acids is 1. The molecule has 3 N–H and O–H groups in total. The van der Waals surface area contributed by atoms with Gasteiger partial charge in [0.1, 0.15) is 0 Å². The van der Waals surface area contributed by atoms with Crippen molar-refractivity contribution in [3.05, 3.63) is 28.8 Å². The van der Waals surface area contributed by atoms with Gasteiger partial charge in [0.05, 0.1) is 10.6 Å². The number of hydrogen-bond donors (Lipinski definition) is 2. The SMILES string of the molecule is CCC(C)Nc1ccc(C(N)=O)c(Cl)c1. The number of halogens is 1. The molecule has 0 radical (unpaired) electrons. The minimum Gasteiger partial charge on any atom is -0.383 e. The lowest BCUT2D eigenvalue weighted by molar-refractivity contribution is 0.100. The third-order valence-corrected chi connectivity index (χ3v) is 2.57. The van der Waals surface area contributed by atoms with E-state index < -0.39 is 5.91 Å². The third-order valence-electron chi connectivity index (χ3n) is 2.26. The van der Waals surface area contributed by atoms with Crippen LogP contribution in [0.15, 0.2) is 18.2 Å². The highest BCUT2D eigenvalue weighted by molar-refractivity contribution is 6.34. The van der Waals surface area contributed by atoms with Crippen LogP contribution in [-0.4, -0.2) is 11.9 Å². The van der Waals surface area contributed by atoms with E-state index in [9.17, 15) is 4.79 Å². The van der Waals surface area contributed by atoms with Gasteiger partial charge in [0.15, 0.2) is 0 Å². The Labute approximate surface area is 94.6 Å². The Kier molecular flexibility index (Phi) is 3.97. The largest absolute Gasteiger partial charge is 0.383 e. The topological polar surface area (TPSA) is 55.1 Å². The monoisotopic (exact) mass is 226 g/mol. The van der Waals surface area contributed by atoms with Gasteiger partial charge < -0.3 is 11.1 Å². The van der Waals surface area contributed by atoms with Gasteiger partial charge in [-0.2, -0.15) is 0 Å². The fourth-order valence-corrected chi connectivity index (χ4v) is 1.46. The highest BCUT2D eigenvalue weighted by Gasteiger charge is 2.07. The summed E-state index contributed by atoms with van der Waals surface area (Å²) < 4.78 is 0. The zero-order valence-electron chi connectivity index (χ0n) is 8.88. The second-order valence-corrected chi connectivity index (χ2v) is 3.92. The van der Waals surface area contributed by atoms with Crippen molar-refractivity contribution >= 4 is 23.2 Å². The van der Waals surface area contributed by atoms with E-state index in [2.05, 4.69) is 19.2 Å². The summed E-state index contributed by atoms with van der Waals surface area (Å²) in [5.41, 5.74) is 6.40. The molecular formula is C11H15ClN2O. The van der Waals surface area contributed by atoms with Gasteiger partial charge in [0, 0.05) is 11.7 Å². The summed E-state index contributed by atoms with van der Waals surface area (Å²) in [4.78, 5) is 10.9. The Bertz CT molecular complexity index is 366. The van der Waals surface area contributed by atoms with Crippen molar-refractivity contribution in [2.45, 2.75) is 26.3 Å². The lowest BCUT2D eigenvalue weighted by Gasteiger charge is -2.13. The Morgan fingerprint density at radius 3 is 2.73 bits per heavy atom. The molecule has 0 fully saturated rings. The van der Waals surface area contributed by atoms with Crippen molar-refractivity contribution in [1.29, 1.82) is 0 Å². The summed E-state index contributed by atoms with van der Waals surface area (Å²) >= 11 is 5.91. The summed E-state index contributed by atoms with van der Waals surface area (Å²) in [7, 11) is 0. The standard InChI is InChI=1S/C11H15ClN2O/c1-3-7(2)14-8-4-5-9(11(13)15)10(12)6-8/h4-7,14H,3H2,1-2H3,(H2,13,15). The summed E-state index contributed by atoms with van der Waals surface area (Å²) in [6, 6.07) is 5.53. The molecular weight excluding hydrogens is 212 g/mol. The zero-order valence-corrected chi connectivity index (χ0v) is 9.64. The van der Waals surface area contributed by atoms with Crippen molar-refractivity contribution < 1.29 is 4.79 Å². The molecule has 0 saturated carbocycles. The van der Waals surface area contributed by atoms with Crippen LogP contribution in [0.4, 0.5) is 5.69 Å². The van der Waals surface area contributed by atoms with E-state index in [4.69, 9.17) is 17.3 Å². The molecule has 1 atom stereocenters. The minimum atomic E-state index is -0.505. The number of rotatable bonds is 4. The van der Waals surface area contributed by atoms with E-state index >= 15 is 0 Å². The van der Waals surface area contributed by atoms with E-state index in [1.54, 1.807) is 18.2 Å². The maximum atomic E-state index is 10.9. The maximum absolute atomic E-state index is 10.9. The number of amides is 1. The minimum absolute atomic E-state index is 0.353. The van der Waals surface area contributed by atoms with E-state index in [-0.39, 0.29) is 0 Å². The van der Waals surface area contributed by atoms with Crippen molar-refractivity contribution in [3.8, 4) is 0 Å². The van der Waals surface area contributed by atoms with Crippen molar-refractivity contribution in [3.63, 3.8) is 0 Å². The van der Waals surface area contributed by atoms with Crippen LogP contribution in [0.1, 0.15) is 30.6 Å². The van der Waals surface area contributed by atoms with Gasteiger partial charge in [-0.05, 0) is 31.5 Å². The van der Waals surface area contributed by atoms with E-state index in [1.165, 1.54) is 0 Å². The van der Waals surface area contributed by atoms with Crippen LogP contribution in [-0.2, 0) is 0 Å². The van der Waals surface area contributed by atoms with Crippen molar-refractivity contribution in [2.24, 2.45) is 5.73 Å². The summed E-state index contributed by atoms with van der Waals surface area (Å²) in [5.74, 6) is -0.505. The molecule has 1 unspecified atom stereocenters. The Morgan fingerprint density at radius 1 is 1.60 bits per heavy atom. The Hall–Kier alpha value is -1.22. The highest BCUT2D eigenvalue weighted by atomic mass is 35.5. The quantitative estimate of drug-likeness (QED) is 0.829. The van der Waals surface area contributed by atoms with Gasteiger partial charge in [0.25, 0.3) is 0 Å². The molecule has 0 heterocycles. The number of nitrogens with one attached hydrogen (secondary N) is 1. The second-order valence-electron chi connectivity index (χ2n) is 3.51. The van der Waals surface area contributed by atoms with E-state index in [1.807, 2.05) is 0 Å². The van der Waals surface area contributed by atoms with Crippen LogP contribution in [0.3, 0.4) is 0 Å². The number of primary amides is 1. The molecule has 15 heavy (non-hydrogen) atoms. The van der Waals surface area contributed by atoms with Crippen LogP contribution in [0.25, 0.3) is 0 Å². The summed E-state index contributed by atoms with van der Waals surface area (Å²) in [6.45, 7) is 4.17. The molecule has 82 valence electrons. The first-order chi connectivity index (χ1) is 7.04. The Morgan fingerprint density at radius 2 is 2.27 bits per heavy atom. The molecule has 4 heteroatoms. The first-order valence-corrected chi connectivity index (χ1v) is 5.28. The number of carbonyl (C=O) groups is 1. The molecule has 1 aromatic rings. The lowest BCUT2D eigenvalue weighted by atomic mass is 10.1. The fourth-order valence-electron chi connectivity index (χ4n) is 1.19. The van der Waals surface area contributed by atoms with Crippen LogP contribution in [0.2, 0.25) is 5.02 Å². The molecule has 1 amide bonds. The predicted octanol–water partition coefficient (Wildman–Crippen LogP) is 2.65. The predicted molar refractivity (Wildman–Crippen MR) is 63.3 cm³/mol. The van der Waals surface area contributed by atoms with Gasteiger partial charge >= 0.3 is 0 Å². The molecule has 0 aliphatic heterocycles. The molecule has 0 bridgehead atoms. The van der Waals surface area contributed by atoms with Crippen molar-refractivity contribution in [2.75, 3.05) is 5.32 Å². The normalized spacial score (nSPS) is 12.2. The van der Waals surface area contributed by atoms with Gasteiger partial charge in [-0.3, -0.25) is 4.79 Å². The van der Waals surface area contributed by atoms with Gasteiger partial charge in [-0.25, -0.2) is 0 Å². The molecule has 1 aromatic carbocycles. The molecule has 0 aliphatic carbocycles. The smallest absolute Gasteiger partial charge is 0.250 e. The zero-order chi connectivity index (χ0) is 11.4. The molecule has 0 aliphatic rings. The first kappa shape index (κ1) is 11.9. The highest BCUT2D eigenvalue weighted by Crippen LogP contribution is 2.21. The van der Waals surface area contributed by atoms with Crippen LogP contribution in [0.5, 0.6) is 0 Å². The summed E-state index contributed by atoms with van der Waals surface area (Å²) in [5, 5.41) is 3.65. The van der Waals surface area contributed by atoms with Crippen LogP contribution < -0.4 is 11.1 Å². The average molecular weight is 227 g/mol. The van der Waals surface area contributed by atoms with E-state index in [0.717, 1.165) is 12.1 Å². The maximum Gasteiger partial charge on any atom is 0.250 e. The van der Waals surface area contributed by atoms with Crippen molar-refractivity contribution in [1.82, 2.24) is 0 Å². The van der Waals surface area contributed by atoms with Gasteiger partial charge in [-0.1, -0.05) is 18.5 Å². The number of nitrogens with two attached hydrogens (primary N) is 1. The number of benzene rings is 1. The number of hydrogen-bond acceptors (Lipinski definition) is 2. The molecule has 0 spiro atoms. The van der Waals surface area contributed by atoms with Gasteiger partial charge in [-0.15, -0.1) is 0 Å². The molecule has 3 nitrogen and oxygen atoms in total. The Balaban J connectivity index is 2.87. The van der Waals surface area contributed by atoms with E-state index in [0.29, 0.717) is 16.6 Å². The lowest BCUT2D eigenvalue weighted by Crippen LogP contribution is -2.15. The molecule has 0 saturated heterocycles. The molecule has 1 rings (SSSR count). The second kappa shape index (κ2) is 5.03. The van der Waals surface area contributed by atoms with Gasteiger partial charge in [0.2, 0.25) is 5.91 Å².